The van der Waals surface area contributed by atoms with Crippen LogP contribution in [0.5, 0.6) is 5.75 Å². The normalized spacial score (nSPS) is 13.1. The molecule has 46 heavy (non-hydrogen) atoms. The van der Waals surface area contributed by atoms with Crippen LogP contribution in [-0.4, -0.2) is 45.2 Å². The van der Waals surface area contributed by atoms with Crippen LogP contribution in [0.4, 0.5) is 27.5 Å². The van der Waals surface area contributed by atoms with Crippen molar-refractivity contribution in [2.45, 2.75) is 46.1 Å². The Hall–Kier alpha value is -4.98. The predicted molar refractivity (Wildman–Crippen MR) is 189 cm³/mol. The first-order chi connectivity index (χ1) is 22.2. The zero-order valence-corrected chi connectivity index (χ0v) is 27.5. The van der Waals surface area contributed by atoms with E-state index < -0.39 is 0 Å². The Morgan fingerprint density at radius 2 is 1.33 bits per heavy atom. The highest BCUT2D eigenvalue weighted by Crippen LogP contribution is 2.34. The van der Waals surface area contributed by atoms with Crippen molar-refractivity contribution in [2.24, 2.45) is 0 Å². The quantitative estimate of drug-likeness (QED) is 0.168. The first-order valence-electron chi connectivity index (χ1n) is 16.0. The van der Waals surface area contributed by atoms with E-state index in [-0.39, 0.29) is 23.8 Å². The standard InChI is InChI=1S/C38H45N5O3/c1-26(2)30-14-11-15-31(27(3)4)36(30)41-38(45)40-29-18-19-33(32(24-29)37(44)39-25-28-12-7-6-8-13-28)42-20-22-43(23-21-42)34-16-9-10-17-35(34)46-5/h6-19,24,26-27H,20-23,25H2,1-5H3,(H,39,44)(H2,40,41,45). The first kappa shape index (κ1) is 32.4. The average Bonchev–Trinajstić information content (AvgIpc) is 3.07. The van der Waals surface area contributed by atoms with Gasteiger partial charge in [0.25, 0.3) is 5.91 Å². The van der Waals surface area contributed by atoms with Gasteiger partial charge in [-0.1, -0.05) is 88.4 Å². The fraction of sp³-hybridized carbons (Fsp3) is 0.316. The lowest BCUT2D eigenvalue weighted by atomic mass is 9.93. The first-order valence-corrected chi connectivity index (χ1v) is 16.0. The molecule has 1 aliphatic heterocycles. The molecule has 0 unspecified atom stereocenters. The largest absolute Gasteiger partial charge is 0.495 e. The summed E-state index contributed by atoms with van der Waals surface area (Å²) < 4.78 is 5.59. The van der Waals surface area contributed by atoms with E-state index in [0.29, 0.717) is 17.8 Å². The molecule has 5 rings (SSSR count). The van der Waals surface area contributed by atoms with Crippen molar-refractivity contribution in [1.82, 2.24) is 5.32 Å². The van der Waals surface area contributed by atoms with E-state index in [1.807, 2.05) is 66.7 Å². The number of hydrogen-bond acceptors (Lipinski definition) is 5. The van der Waals surface area contributed by atoms with E-state index >= 15 is 0 Å². The monoisotopic (exact) mass is 619 g/mol. The molecule has 0 aromatic heterocycles. The number of urea groups is 1. The lowest BCUT2D eigenvalue weighted by Gasteiger charge is -2.38. The van der Waals surface area contributed by atoms with Crippen LogP contribution in [0, 0.1) is 0 Å². The number of amides is 3. The van der Waals surface area contributed by atoms with Gasteiger partial charge in [-0.3, -0.25) is 4.79 Å². The Kier molecular flexibility index (Phi) is 10.5. The SMILES string of the molecule is COc1ccccc1N1CCN(c2ccc(NC(=O)Nc3c(C(C)C)cccc3C(C)C)cc2C(=O)NCc2ccccc2)CC1. The number of methoxy groups -OCH3 is 1. The molecular weight excluding hydrogens is 574 g/mol. The van der Waals surface area contributed by atoms with E-state index in [1.54, 1.807) is 13.2 Å². The highest BCUT2D eigenvalue weighted by atomic mass is 16.5. The van der Waals surface area contributed by atoms with Gasteiger partial charge < -0.3 is 30.5 Å². The van der Waals surface area contributed by atoms with Crippen LogP contribution in [0.1, 0.15) is 66.6 Å². The molecule has 3 N–H and O–H groups in total. The van der Waals surface area contributed by atoms with Crippen LogP contribution in [0.15, 0.2) is 91.0 Å². The summed E-state index contributed by atoms with van der Waals surface area (Å²) in [6, 6.07) is 29.3. The number of piperazine rings is 1. The minimum Gasteiger partial charge on any atom is -0.495 e. The van der Waals surface area contributed by atoms with Gasteiger partial charge in [-0.25, -0.2) is 4.79 Å². The van der Waals surface area contributed by atoms with Gasteiger partial charge in [-0.05, 0) is 58.9 Å². The highest BCUT2D eigenvalue weighted by molar-refractivity contribution is 6.04. The van der Waals surface area contributed by atoms with E-state index in [9.17, 15) is 9.59 Å². The third-order valence-electron chi connectivity index (χ3n) is 8.45. The van der Waals surface area contributed by atoms with Gasteiger partial charge in [0.05, 0.1) is 18.4 Å². The Balaban J connectivity index is 1.37. The Morgan fingerprint density at radius 3 is 1.96 bits per heavy atom. The van der Waals surface area contributed by atoms with E-state index in [2.05, 4.69) is 71.6 Å². The molecule has 1 aliphatic rings. The number of ether oxygens (including phenoxy) is 1. The molecule has 4 aromatic rings. The van der Waals surface area contributed by atoms with Gasteiger partial charge in [-0.15, -0.1) is 0 Å². The van der Waals surface area contributed by atoms with Crippen LogP contribution in [0.2, 0.25) is 0 Å². The second kappa shape index (κ2) is 14.9. The summed E-state index contributed by atoms with van der Waals surface area (Å²) in [7, 11) is 1.69. The molecule has 0 spiro atoms. The Bertz CT molecular complexity index is 1620. The van der Waals surface area contributed by atoms with E-state index in [0.717, 1.165) is 65.7 Å². The van der Waals surface area contributed by atoms with Gasteiger partial charge in [0, 0.05) is 49.8 Å². The second-order valence-corrected chi connectivity index (χ2v) is 12.2. The second-order valence-electron chi connectivity index (χ2n) is 12.2. The molecule has 0 radical (unpaired) electrons. The molecule has 0 atom stereocenters. The molecule has 1 saturated heterocycles. The van der Waals surface area contributed by atoms with Crippen molar-refractivity contribution in [3.05, 3.63) is 113 Å². The number of carbonyl (C=O) groups excluding carboxylic acids is 2. The topological polar surface area (TPSA) is 85.9 Å². The van der Waals surface area contributed by atoms with Gasteiger partial charge >= 0.3 is 6.03 Å². The van der Waals surface area contributed by atoms with Crippen molar-refractivity contribution in [1.29, 1.82) is 0 Å². The van der Waals surface area contributed by atoms with E-state index in [1.165, 1.54) is 0 Å². The third-order valence-corrected chi connectivity index (χ3v) is 8.45. The van der Waals surface area contributed by atoms with Crippen molar-refractivity contribution >= 4 is 34.7 Å². The summed E-state index contributed by atoms with van der Waals surface area (Å²) in [5, 5.41) is 9.19. The summed E-state index contributed by atoms with van der Waals surface area (Å²) in [4.78, 5) is 31.7. The van der Waals surface area contributed by atoms with Crippen molar-refractivity contribution < 1.29 is 14.3 Å². The summed E-state index contributed by atoms with van der Waals surface area (Å²) in [5.74, 6) is 1.15. The maximum atomic E-state index is 13.7. The predicted octanol–water partition coefficient (Wildman–Crippen LogP) is 7.84. The molecule has 0 aliphatic carbocycles. The lowest BCUT2D eigenvalue weighted by molar-refractivity contribution is 0.0951. The summed E-state index contributed by atoms with van der Waals surface area (Å²) in [6.07, 6.45) is 0. The van der Waals surface area contributed by atoms with Crippen molar-refractivity contribution in [2.75, 3.05) is 53.7 Å². The van der Waals surface area contributed by atoms with E-state index in [4.69, 9.17) is 4.74 Å². The van der Waals surface area contributed by atoms with Crippen LogP contribution in [0.25, 0.3) is 0 Å². The third kappa shape index (κ3) is 7.62. The molecule has 4 aromatic carbocycles. The van der Waals surface area contributed by atoms with Gasteiger partial charge in [0.15, 0.2) is 0 Å². The Morgan fingerprint density at radius 1 is 0.717 bits per heavy atom. The fourth-order valence-electron chi connectivity index (χ4n) is 6.00. The fourth-order valence-corrected chi connectivity index (χ4v) is 6.00. The number of para-hydroxylation sites is 3. The van der Waals surface area contributed by atoms with Gasteiger partial charge in [0.1, 0.15) is 5.75 Å². The minimum absolute atomic E-state index is 0.192. The molecule has 0 bridgehead atoms. The minimum atomic E-state index is -0.344. The number of nitrogens with one attached hydrogen (secondary N) is 3. The molecule has 1 fully saturated rings. The number of nitrogens with zero attached hydrogens (tertiary/aromatic N) is 2. The van der Waals surface area contributed by atoms with Crippen LogP contribution >= 0.6 is 0 Å². The molecule has 1 heterocycles. The number of benzene rings is 4. The number of hydrogen-bond donors (Lipinski definition) is 3. The number of rotatable bonds is 10. The summed E-state index contributed by atoms with van der Waals surface area (Å²) >= 11 is 0. The number of anilines is 4. The molecule has 0 saturated carbocycles. The maximum absolute atomic E-state index is 13.7. The van der Waals surface area contributed by atoms with Crippen molar-refractivity contribution in [3.63, 3.8) is 0 Å². The van der Waals surface area contributed by atoms with Crippen LogP contribution in [-0.2, 0) is 6.54 Å². The maximum Gasteiger partial charge on any atom is 0.323 e. The average molecular weight is 620 g/mol. The summed E-state index contributed by atoms with van der Waals surface area (Å²) in [5.41, 5.74) is 7.00. The molecule has 8 nitrogen and oxygen atoms in total. The van der Waals surface area contributed by atoms with Gasteiger partial charge in [0.2, 0.25) is 0 Å². The summed E-state index contributed by atoms with van der Waals surface area (Å²) in [6.45, 7) is 11.9. The van der Waals surface area contributed by atoms with Crippen LogP contribution < -0.4 is 30.5 Å². The zero-order valence-electron chi connectivity index (χ0n) is 27.5. The molecular formula is C38H45N5O3. The Labute approximate surface area is 272 Å². The van der Waals surface area contributed by atoms with Gasteiger partial charge in [-0.2, -0.15) is 0 Å². The van der Waals surface area contributed by atoms with Crippen molar-refractivity contribution in [3.8, 4) is 5.75 Å². The smallest absolute Gasteiger partial charge is 0.323 e. The zero-order chi connectivity index (χ0) is 32.6. The highest BCUT2D eigenvalue weighted by Gasteiger charge is 2.24. The lowest BCUT2D eigenvalue weighted by Crippen LogP contribution is -2.47. The molecule has 8 heteroatoms. The van der Waals surface area contributed by atoms with Crippen LogP contribution in [0.3, 0.4) is 0 Å². The molecule has 240 valence electrons. The number of carbonyl (C=O) groups is 2. The molecule has 3 amide bonds.